The lowest BCUT2D eigenvalue weighted by molar-refractivity contribution is -0.120. The lowest BCUT2D eigenvalue weighted by Crippen LogP contribution is -2.33. The molecule has 0 aromatic carbocycles. The Hall–Kier alpha value is -1.89. The molecule has 7 heteroatoms. The van der Waals surface area contributed by atoms with Gasteiger partial charge in [0.05, 0.1) is 6.42 Å². The van der Waals surface area contributed by atoms with Crippen molar-refractivity contribution in [2.75, 3.05) is 13.2 Å². The van der Waals surface area contributed by atoms with Gasteiger partial charge >= 0.3 is 5.69 Å². The Kier molecular flexibility index (Phi) is 3.84. The third kappa shape index (κ3) is 3.78. The van der Waals surface area contributed by atoms with Gasteiger partial charge in [-0.25, -0.2) is 4.79 Å². The van der Waals surface area contributed by atoms with Crippen LogP contribution >= 0.6 is 0 Å². The zero-order chi connectivity index (χ0) is 13.9. The van der Waals surface area contributed by atoms with E-state index >= 15 is 0 Å². The predicted octanol–water partition coefficient (Wildman–Crippen LogP) is -1.12. The van der Waals surface area contributed by atoms with Crippen LogP contribution in [0.1, 0.15) is 25.0 Å². The van der Waals surface area contributed by atoms with Crippen molar-refractivity contribution >= 4 is 5.91 Å². The smallest absolute Gasteiger partial charge is 0.325 e. The minimum absolute atomic E-state index is 0.0334. The number of amides is 1. The molecule has 1 saturated carbocycles. The van der Waals surface area contributed by atoms with Gasteiger partial charge < -0.3 is 15.4 Å². The van der Waals surface area contributed by atoms with E-state index in [9.17, 15) is 14.4 Å². The summed E-state index contributed by atoms with van der Waals surface area (Å²) in [5.41, 5.74) is -0.801. The van der Waals surface area contributed by atoms with Crippen molar-refractivity contribution in [1.29, 1.82) is 0 Å². The Morgan fingerprint density at radius 1 is 1.37 bits per heavy atom. The van der Waals surface area contributed by atoms with Gasteiger partial charge in [-0.3, -0.25) is 14.6 Å². The van der Waals surface area contributed by atoms with Gasteiger partial charge in [0.1, 0.15) is 0 Å². The largest absolute Gasteiger partial charge is 0.396 e. The third-order valence-corrected chi connectivity index (χ3v) is 3.43. The number of carbonyl (C=O) groups is 1. The molecule has 0 radical (unpaired) electrons. The van der Waals surface area contributed by atoms with Gasteiger partial charge in [-0.05, 0) is 24.7 Å². The second-order valence-electron chi connectivity index (χ2n) is 5.04. The average molecular weight is 267 g/mol. The Labute approximate surface area is 109 Å². The summed E-state index contributed by atoms with van der Waals surface area (Å²) < 4.78 is 0. The van der Waals surface area contributed by atoms with Gasteiger partial charge in [-0.15, -0.1) is 0 Å². The summed E-state index contributed by atoms with van der Waals surface area (Å²) in [7, 11) is 0. The summed E-state index contributed by atoms with van der Waals surface area (Å²) in [4.78, 5) is 38.3. The molecule has 1 aromatic heterocycles. The predicted molar refractivity (Wildman–Crippen MR) is 67.8 cm³/mol. The Morgan fingerprint density at radius 2 is 2.11 bits per heavy atom. The molecule has 0 aliphatic heterocycles. The lowest BCUT2D eigenvalue weighted by Gasteiger charge is -2.14. The molecule has 1 aliphatic rings. The molecular formula is C12H17N3O4. The van der Waals surface area contributed by atoms with E-state index in [1.807, 2.05) is 4.98 Å². The lowest BCUT2D eigenvalue weighted by atomic mass is 10.0. The highest BCUT2D eigenvalue weighted by atomic mass is 16.3. The molecule has 7 nitrogen and oxygen atoms in total. The van der Waals surface area contributed by atoms with Crippen LogP contribution in [-0.2, 0) is 11.2 Å². The maximum absolute atomic E-state index is 11.7. The highest BCUT2D eigenvalue weighted by Gasteiger charge is 2.41. The van der Waals surface area contributed by atoms with E-state index < -0.39 is 11.2 Å². The minimum atomic E-state index is -0.616. The van der Waals surface area contributed by atoms with Gasteiger partial charge in [-0.2, -0.15) is 0 Å². The van der Waals surface area contributed by atoms with Crippen LogP contribution in [0, 0.1) is 5.41 Å². The second-order valence-corrected chi connectivity index (χ2v) is 5.04. The first kappa shape index (κ1) is 13.5. The quantitative estimate of drug-likeness (QED) is 0.523. The van der Waals surface area contributed by atoms with Crippen LogP contribution in [0.3, 0.4) is 0 Å². The summed E-state index contributed by atoms with van der Waals surface area (Å²) in [5, 5.41) is 11.7. The number of aliphatic hydroxyl groups is 1. The van der Waals surface area contributed by atoms with Crippen molar-refractivity contribution in [2.45, 2.75) is 25.7 Å². The zero-order valence-corrected chi connectivity index (χ0v) is 10.5. The highest BCUT2D eigenvalue weighted by Crippen LogP contribution is 2.47. The van der Waals surface area contributed by atoms with Gasteiger partial charge in [0.15, 0.2) is 0 Å². The van der Waals surface area contributed by atoms with E-state index in [4.69, 9.17) is 5.11 Å². The molecule has 0 saturated heterocycles. The van der Waals surface area contributed by atoms with Gasteiger partial charge in [0.25, 0.3) is 5.56 Å². The first-order chi connectivity index (χ1) is 9.03. The Morgan fingerprint density at radius 3 is 2.68 bits per heavy atom. The molecule has 0 unspecified atom stereocenters. The van der Waals surface area contributed by atoms with E-state index in [2.05, 4.69) is 10.3 Å². The fourth-order valence-corrected chi connectivity index (χ4v) is 2.07. The zero-order valence-electron chi connectivity index (χ0n) is 10.5. The van der Waals surface area contributed by atoms with Crippen molar-refractivity contribution in [3.8, 4) is 0 Å². The van der Waals surface area contributed by atoms with Crippen LogP contribution in [0.5, 0.6) is 0 Å². The topological polar surface area (TPSA) is 115 Å². The van der Waals surface area contributed by atoms with Crippen LogP contribution in [0.25, 0.3) is 0 Å². The number of hydrogen-bond acceptors (Lipinski definition) is 4. The number of aromatic nitrogens is 2. The number of aliphatic hydroxyl groups excluding tert-OH is 1. The van der Waals surface area contributed by atoms with E-state index in [1.54, 1.807) is 0 Å². The molecule has 4 N–H and O–H groups in total. The van der Waals surface area contributed by atoms with Crippen LogP contribution < -0.4 is 16.6 Å². The SMILES string of the molecule is O=C(Cc1cc(=O)[nH]c(=O)[nH]1)NCC1(CCO)CC1. The number of carbonyl (C=O) groups excluding carboxylic acids is 1. The first-order valence-corrected chi connectivity index (χ1v) is 6.23. The summed E-state index contributed by atoms with van der Waals surface area (Å²) >= 11 is 0. The molecule has 1 fully saturated rings. The molecule has 1 aromatic rings. The number of rotatable bonds is 6. The van der Waals surface area contributed by atoms with Crippen molar-refractivity contribution in [2.24, 2.45) is 5.41 Å². The third-order valence-electron chi connectivity index (χ3n) is 3.43. The molecular weight excluding hydrogens is 250 g/mol. The molecule has 0 bridgehead atoms. The van der Waals surface area contributed by atoms with Gasteiger partial charge in [0, 0.05) is 24.9 Å². The van der Waals surface area contributed by atoms with Crippen molar-refractivity contribution in [3.63, 3.8) is 0 Å². The molecule has 0 atom stereocenters. The number of nitrogens with one attached hydrogen (secondary N) is 3. The van der Waals surface area contributed by atoms with Crippen molar-refractivity contribution in [3.05, 3.63) is 32.6 Å². The second kappa shape index (κ2) is 5.40. The molecule has 1 aliphatic carbocycles. The Bertz CT molecular complexity index is 543. The van der Waals surface area contributed by atoms with Crippen LogP contribution in [0.15, 0.2) is 15.7 Å². The summed E-state index contributed by atoms with van der Waals surface area (Å²) in [6.07, 6.45) is 2.68. The number of H-pyrrole nitrogens is 2. The van der Waals surface area contributed by atoms with Crippen LogP contribution in [0.2, 0.25) is 0 Å². The van der Waals surface area contributed by atoms with E-state index in [1.165, 1.54) is 6.07 Å². The average Bonchev–Trinajstić information content (AvgIpc) is 3.06. The Balaban J connectivity index is 1.87. The van der Waals surface area contributed by atoms with Crippen molar-refractivity contribution in [1.82, 2.24) is 15.3 Å². The number of hydrogen-bond donors (Lipinski definition) is 4. The molecule has 2 rings (SSSR count). The van der Waals surface area contributed by atoms with E-state index in [0.29, 0.717) is 18.7 Å². The maximum Gasteiger partial charge on any atom is 0.325 e. The van der Waals surface area contributed by atoms with Crippen molar-refractivity contribution < 1.29 is 9.90 Å². The van der Waals surface area contributed by atoms with Gasteiger partial charge in [-0.1, -0.05) is 0 Å². The van der Waals surface area contributed by atoms with E-state index in [-0.39, 0.29) is 24.3 Å². The molecule has 1 amide bonds. The normalized spacial score (nSPS) is 16.1. The van der Waals surface area contributed by atoms with E-state index in [0.717, 1.165) is 12.8 Å². The molecule has 0 spiro atoms. The monoisotopic (exact) mass is 267 g/mol. The summed E-state index contributed by atoms with van der Waals surface area (Å²) in [6, 6.07) is 1.20. The maximum atomic E-state index is 11.7. The van der Waals surface area contributed by atoms with Crippen LogP contribution in [-0.4, -0.2) is 34.1 Å². The van der Waals surface area contributed by atoms with Gasteiger partial charge in [0.2, 0.25) is 5.91 Å². The fraction of sp³-hybridized carbons (Fsp3) is 0.583. The number of aromatic amines is 2. The standard InChI is InChI=1S/C12H17N3O4/c16-4-3-12(1-2-12)7-13-9(17)5-8-6-10(18)15-11(19)14-8/h6,16H,1-5,7H2,(H,13,17)(H2,14,15,18,19). The van der Waals surface area contributed by atoms with Crippen LogP contribution in [0.4, 0.5) is 0 Å². The fourth-order valence-electron chi connectivity index (χ4n) is 2.07. The first-order valence-electron chi connectivity index (χ1n) is 6.23. The molecule has 1 heterocycles. The summed E-state index contributed by atoms with van der Waals surface area (Å²) in [6.45, 7) is 0.650. The summed E-state index contributed by atoms with van der Waals surface area (Å²) in [5.74, 6) is -0.245. The minimum Gasteiger partial charge on any atom is -0.396 e. The molecule has 104 valence electrons. The highest BCUT2D eigenvalue weighted by molar-refractivity contribution is 5.78. The molecule has 19 heavy (non-hydrogen) atoms.